The van der Waals surface area contributed by atoms with Crippen LogP contribution in [-0.2, 0) is 16.6 Å². The van der Waals surface area contributed by atoms with E-state index in [0.29, 0.717) is 6.42 Å². The van der Waals surface area contributed by atoms with Gasteiger partial charge in [0.15, 0.2) is 0 Å². The molecule has 0 aromatic carbocycles. The van der Waals surface area contributed by atoms with Gasteiger partial charge in [-0.05, 0) is 30.2 Å². The molecule has 0 saturated heterocycles. The molecule has 0 radical (unpaired) electrons. The van der Waals surface area contributed by atoms with Crippen LogP contribution < -0.4 is 5.73 Å². The third-order valence-corrected chi connectivity index (χ3v) is 3.65. The van der Waals surface area contributed by atoms with Crippen molar-refractivity contribution in [3.63, 3.8) is 0 Å². The Kier molecular flexibility index (Phi) is 5.54. The first-order valence-corrected chi connectivity index (χ1v) is 6.68. The van der Waals surface area contributed by atoms with Gasteiger partial charge in [-0.1, -0.05) is 18.2 Å². The molecule has 0 fully saturated rings. The highest BCUT2D eigenvalue weighted by Crippen LogP contribution is 2.17. The molecule has 18 heavy (non-hydrogen) atoms. The zero-order chi connectivity index (χ0) is 13.6. The van der Waals surface area contributed by atoms with Gasteiger partial charge in [-0.15, -0.1) is 5.10 Å². The third-order valence-electron chi connectivity index (χ3n) is 2.55. The molecule has 0 amide bonds. The lowest BCUT2D eigenvalue weighted by Gasteiger charge is -2.20. The van der Waals surface area contributed by atoms with Crippen LogP contribution in [0.4, 0.5) is 0 Å². The summed E-state index contributed by atoms with van der Waals surface area (Å²) in [5.41, 5.74) is 4.96. The lowest BCUT2D eigenvalue weighted by atomic mass is 9.97. The molecule has 1 unspecified atom stereocenters. The fraction of sp³-hybridized carbons (Fsp3) is 0.800. The van der Waals surface area contributed by atoms with Gasteiger partial charge >= 0.3 is 5.97 Å². The van der Waals surface area contributed by atoms with Gasteiger partial charge in [0.05, 0.1) is 7.11 Å². The van der Waals surface area contributed by atoms with Gasteiger partial charge in [-0.2, -0.15) is 0 Å². The van der Waals surface area contributed by atoms with E-state index in [2.05, 4.69) is 20.3 Å². The number of esters is 1. The standard InChI is InChI=1S/C10H19N5O2S/c1-10(11,8(16)17-3)6-4-5-7-18-9-12-13-14-15(9)2/h4-7,11H2,1-3H3. The second-order valence-corrected chi connectivity index (χ2v) is 5.36. The molecule has 2 N–H and O–H groups in total. The number of hydrogen-bond acceptors (Lipinski definition) is 7. The quantitative estimate of drug-likeness (QED) is 0.435. The number of aromatic nitrogens is 4. The van der Waals surface area contributed by atoms with E-state index in [1.165, 1.54) is 7.11 Å². The normalized spacial score (nSPS) is 14.2. The number of hydrogen-bond donors (Lipinski definition) is 1. The number of unbranched alkanes of at least 4 members (excludes halogenated alkanes) is 1. The molecule has 0 spiro atoms. The lowest BCUT2D eigenvalue weighted by molar-refractivity contribution is -0.146. The van der Waals surface area contributed by atoms with Crippen LogP contribution in [0.2, 0.25) is 0 Å². The summed E-state index contributed by atoms with van der Waals surface area (Å²) in [5.74, 6) is 0.526. The van der Waals surface area contributed by atoms with E-state index >= 15 is 0 Å². The first kappa shape index (κ1) is 14.9. The predicted octanol–water partition coefficient (Wildman–Crippen LogP) is 0.363. The van der Waals surface area contributed by atoms with E-state index in [1.54, 1.807) is 30.4 Å². The van der Waals surface area contributed by atoms with Crippen molar-refractivity contribution in [3.05, 3.63) is 0 Å². The summed E-state index contributed by atoms with van der Waals surface area (Å²) in [4.78, 5) is 11.3. The van der Waals surface area contributed by atoms with Gasteiger partial charge in [-0.25, -0.2) is 4.68 Å². The Morgan fingerprint density at radius 2 is 2.28 bits per heavy atom. The van der Waals surface area contributed by atoms with Crippen molar-refractivity contribution < 1.29 is 9.53 Å². The van der Waals surface area contributed by atoms with Gasteiger partial charge < -0.3 is 10.5 Å². The Hall–Kier alpha value is -1.15. The third kappa shape index (κ3) is 4.26. The minimum atomic E-state index is -0.897. The number of methoxy groups -OCH3 is 1. The fourth-order valence-electron chi connectivity index (χ4n) is 1.44. The number of tetrazole rings is 1. The summed E-state index contributed by atoms with van der Waals surface area (Å²) in [5, 5.41) is 12.0. The number of carbonyl (C=O) groups is 1. The summed E-state index contributed by atoms with van der Waals surface area (Å²) in [6, 6.07) is 0. The molecule has 1 atom stereocenters. The van der Waals surface area contributed by atoms with Gasteiger partial charge in [0.1, 0.15) is 5.54 Å². The molecule has 0 saturated carbocycles. The number of aryl methyl sites for hydroxylation is 1. The van der Waals surface area contributed by atoms with Crippen molar-refractivity contribution >= 4 is 17.7 Å². The predicted molar refractivity (Wildman–Crippen MR) is 68.0 cm³/mol. The highest BCUT2D eigenvalue weighted by atomic mass is 32.2. The molecule has 1 heterocycles. The minimum absolute atomic E-state index is 0.368. The molecule has 0 aliphatic heterocycles. The maximum Gasteiger partial charge on any atom is 0.325 e. The molecule has 1 aromatic heterocycles. The number of rotatable bonds is 7. The fourth-order valence-corrected chi connectivity index (χ4v) is 2.29. The summed E-state index contributed by atoms with van der Waals surface area (Å²) in [6.45, 7) is 1.69. The molecular formula is C10H19N5O2S. The zero-order valence-electron chi connectivity index (χ0n) is 10.9. The van der Waals surface area contributed by atoms with Gasteiger partial charge in [0.2, 0.25) is 5.16 Å². The zero-order valence-corrected chi connectivity index (χ0v) is 11.7. The van der Waals surface area contributed by atoms with E-state index in [0.717, 1.165) is 23.8 Å². The van der Waals surface area contributed by atoms with Crippen LogP contribution in [-0.4, -0.2) is 44.6 Å². The number of nitrogens with zero attached hydrogens (tertiary/aromatic N) is 4. The summed E-state index contributed by atoms with van der Waals surface area (Å²) in [6.07, 6.45) is 2.42. The van der Waals surface area contributed by atoms with Crippen LogP contribution in [0, 0.1) is 0 Å². The topological polar surface area (TPSA) is 95.9 Å². The molecule has 0 aliphatic carbocycles. The maximum atomic E-state index is 11.3. The van der Waals surface area contributed by atoms with Crippen LogP contribution in [0.3, 0.4) is 0 Å². The van der Waals surface area contributed by atoms with Crippen LogP contribution in [0.1, 0.15) is 26.2 Å². The molecular weight excluding hydrogens is 254 g/mol. The summed E-state index contributed by atoms with van der Waals surface area (Å²) >= 11 is 1.59. The molecule has 8 heteroatoms. The first-order valence-electron chi connectivity index (χ1n) is 5.70. The smallest absolute Gasteiger partial charge is 0.325 e. The van der Waals surface area contributed by atoms with E-state index in [9.17, 15) is 4.79 Å². The Labute approximate surface area is 110 Å². The van der Waals surface area contributed by atoms with Crippen LogP contribution in [0.5, 0.6) is 0 Å². The Morgan fingerprint density at radius 3 is 2.83 bits per heavy atom. The van der Waals surface area contributed by atoms with E-state index < -0.39 is 5.54 Å². The van der Waals surface area contributed by atoms with Crippen molar-refractivity contribution in [1.82, 2.24) is 20.2 Å². The Bertz CT molecular complexity index is 393. The minimum Gasteiger partial charge on any atom is -0.468 e. The number of nitrogens with two attached hydrogens (primary N) is 1. The van der Waals surface area contributed by atoms with Gasteiger partial charge in [0.25, 0.3) is 0 Å². The van der Waals surface area contributed by atoms with Crippen LogP contribution >= 0.6 is 11.8 Å². The van der Waals surface area contributed by atoms with Crippen molar-refractivity contribution in [2.24, 2.45) is 12.8 Å². The van der Waals surface area contributed by atoms with E-state index in [4.69, 9.17) is 5.73 Å². The highest BCUT2D eigenvalue weighted by Gasteiger charge is 2.28. The van der Waals surface area contributed by atoms with Crippen molar-refractivity contribution in [2.45, 2.75) is 36.9 Å². The Balaban J connectivity index is 2.19. The molecule has 1 rings (SSSR count). The lowest BCUT2D eigenvalue weighted by Crippen LogP contribution is -2.45. The highest BCUT2D eigenvalue weighted by molar-refractivity contribution is 7.99. The van der Waals surface area contributed by atoms with Gasteiger partial charge in [-0.3, -0.25) is 4.79 Å². The SMILES string of the molecule is COC(=O)C(C)(N)CCCCSc1nnnn1C. The number of carbonyl (C=O) groups excluding carboxylic acids is 1. The molecule has 102 valence electrons. The van der Waals surface area contributed by atoms with Crippen molar-refractivity contribution in [3.8, 4) is 0 Å². The van der Waals surface area contributed by atoms with Crippen molar-refractivity contribution in [1.29, 1.82) is 0 Å². The van der Waals surface area contributed by atoms with Crippen LogP contribution in [0.15, 0.2) is 5.16 Å². The van der Waals surface area contributed by atoms with Crippen molar-refractivity contribution in [2.75, 3.05) is 12.9 Å². The molecule has 0 aliphatic rings. The number of ether oxygens (including phenoxy) is 1. The summed E-state index contributed by atoms with van der Waals surface area (Å²) in [7, 11) is 3.15. The second-order valence-electron chi connectivity index (χ2n) is 4.30. The van der Waals surface area contributed by atoms with E-state index in [-0.39, 0.29) is 5.97 Å². The first-order chi connectivity index (χ1) is 8.47. The molecule has 7 nitrogen and oxygen atoms in total. The molecule has 0 bridgehead atoms. The monoisotopic (exact) mass is 273 g/mol. The van der Waals surface area contributed by atoms with E-state index in [1.807, 2.05) is 0 Å². The van der Waals surface area contributed by atoms with Gasteiger partial charge in [0, 0.05) is 12.8 Å². The Morgan fingerprint density at radius 1 is 1.56 bits per heavy atom. The van der Waals surface area contributed by atoms with Crippen LogP contribution in [0.25, 0.3) is 0 Å². The summed E-state index contributed by atoms with van der Waals surface area (Å²) < 4.78 is 6.28. The second kappa shape index (κ2) is 6.69. The molecule has 1 aromatic rings. The average molecular weight is 273 g/mol. The average Bonchev–Trinajstić information content (AvgIpc) is 2.73. The maximum absolute atomic E-state index is 11.3. The largest absolute Gasteiger partial charge is 0.468 e. The number of thioether (sulfide) groups is 1.